The molecule has 0 aliphatic carbocycles. The molecule has 15 heavy (non-hydrogen) atoms. The van der Waals surface area contributed by atoms with Gasteiger partial charge in [0.25, 0.3) is 0 Å². The topological polar surface area (TPSA) is 12.0 Å². The molecule has 0 bridgehead atoms. The van der Waals surface area contributed by atoms with Gasteiger partial charge < -0.3 is 5.32 Å². The highest BCUT2D eigenvalue weighted by Gasteiger charge is 2.16. The predicted octanol–water partition coefficient (Wildman–Crippen LogP) is 3.40. The molecule has 0 aliphatic heterocycles. The number of aryl methyl sites for hydroxylation is 1. The molecule has 2 unspecified atom stereocenters. The Morgan fingerprint density at radius 2 is 1.87 bits per heavy atom. The Kier molecular flexibility index (Phi) is 5.20. The Balaban J connectivity index is 2.77. The van der Waals surface area contributed by atoms with Crippen molar-refractivity contribution in [2.24, 2.45) is 0 Å². The predicted molar refractivity (Wildman–Crippen MR) is 70.6 cm³/mol. The molecule has 1 nitrogen and oxygen atoms in total. The van der Waals surface area contributed by atoms with Crippen LogP contribution in [-0.4, -0.2) is 18.1 Å². The zero-order valence-electron chi connectivity index (χ0n) is 10.1. The van der Waals surface area contributed by atoms with Crippen LogP contribution in [0, 0.1) is 6.92 Å². The van der Waals surface area contributed by atoms with Crippen LogP contribution < -0.4 is 5.32 Å². The summed E-state index contributed by atoms with van der Waals surface area (Å²) in [5, 5.41) is 4.02. The van der Waals surface area contributed by atoms with Crippen molar-refractivity contribution in [3.63, 3.8) is 0 Å². The van der Waals surface area contributed by atoms with Gasteiger partial charge in [0.1, 0.15) is 0 Å². The lowest BCUT2D eigenvalue weighted by Crippen LogP contribution is -2.25. The molecule has 0 amide bonds. The zero-order chi connectivity index (χ0) is 11.3. The number of thioether (sulfide) groups is 1. The molecule has 0 radical (unpaired) electrons. The summed E-state index contributed by atoms with van der Waals surface area (Å²) in [6, 6.07) is 9.27. The van der Waals surface area contributed by atoms with E-state index in [2.05, 4.69) is 50.4 Å². The second kappa shape index (κ2) is 6.19. The van der Waals surface area contributed by atoms with Crippen LogP contribution in [-0.2, 0) is 0 Å². The maximum absolute atomic E-state index is 3.40. The number of benzene rings is 1. The summed E-state index contributed by atoms with van der Waals surface area (Å²) in [4.78, 5) is 0. The highest BCUT2D eigenvalue weighted by molar-refractivity contribution is 7.99. The van der Waals surface area contributed by atoms with E-state index in [1.807, 2.05) is 18.8 Å². The Morgan fingerprint density at radius 3 is 2.33 bits per heavy atom. The smallest absolute Gasteiger partial charge is 0.0435 e. The van der Waals surface area contributed by atoms with Gasteiger partial charge in [-0.25, -0.2) is 0 Å². The van der Waals surface area contributed by atoms with Crippen molar-refractivity contribution < 1.29 is 0 Å². The van der Waals surface area contributed by atoms with Crippen molar-refractivity contribution in [3.05, 3.63) is 35.4 Å². The molecule has 1 aromatic carbocycles. The molecule has 1 rings (SSSR count). The van der Waals surface area contributed by atoms with Crippen molar-refractivity contribution in [1.82, 2.24) is 5.32 Å². The summed E-state index contributed by atoms with van der Waals surface area (Å²) in [5.74, 6) is 1.17. The molecule has 0 saturated heterocycles. The second-order valence-electron chi connectivity index (χ2n) is 3.84. The van der Waals surface area contributed by atoms with Crippen LogP contribution in [0.25, 0.3) is 0 Å². The molecule has 2 heteroatoms. The van der Waals surface area contributed by atoms with Gasteiger partial charge in [0.05, 0.1) is 0 Å². The first-order valence-electron chi connectivity index (χ1n) is 5.54. The number of hydrogen-bond donors (Lipinski definition) is 1. The van der Waals surface area contributed by atoms with Gasteiger partial charge in [0.2, 0.25) is 0 Å². The summed E-state index contributed by atoms with van der Waals surface area (Å²) < 4.78 is 0. The Bertz CT molecular complexity index is 281. The van der Waals surface area contributed by atoms with Crippen molar-refractivity contribution in [3.8, 4) is 0 Å². The molecule has 0 heterocycles. The molecule has 1 aromatic rings. The molecule has 84 valence electrons. The van der Waals surface area contributed by atoms with Crippen LogP contribution in [0.1, 0.15) is 31.0 Å². The summed E-state index contributed by atoms with van der Waals surface area (Å²) in [6.07, 6.45) is 0. The first kappa shape index (κ1) is 12.6. The number of nitrogens with one attached hydrogen (secondary N) is 1. The van der Waals surface area contributed by atoms with Gasteiger partial charge in [-0.1, -0.05) is 43.7 Å². The van der Waals surface area contributed by atoms with Crippen molar-refractivity contribution in [2.45, 2.75) is 32.1 Å². The first-order valence-corrected chi connectivity index (χ1v) is 6.59. The summed E-state index contributed by atoms with van der Waals surface area (Å²) in [5.41, 5.74) is 2.71. The minimum Gasteiger partial charge on any atom is -0.312 e. The summed E-state index contributed by atoms with van der Waals surface area (Å²) in [6.45, 7) is 6.63. The first-order chi connectivity index (χ1) is 7.19. The molecule has 0 aromatic heterocycles. The molecule has 0 saturated carbocycles. The van der Waals surface area contributed by atoms with Crippen LogP contribution in [0.5, 0.6) is 0 Å². The van der Waals surface area contributed by atoms with Gasteiger partial charge in [0.15, 0.2) is 0 Å². The van der Waals surface area contributed by atoms with E-state index in [-0.39, 0.29) is 0 Å². The van der Waals surface area contributed by atoms with E-state index in [1.165, 1.54) is 16.9 Å². The summed E-state index contributed by atoms with van der Waals surface area (Å²) >= 11 is 2.00. The Hall–Kier alpha value is -0.470. The second-order valence-corrected chi connectivity index (χ2v) is 5.49. The minimum absolute atomic E-state index is 0.454. The van der Waals surface area contributed by atoms with Crippen molar-refractivity contribution in [1.29, 1.82) is 0 Å². The molecular formula is C13H21NS. The third-order valence-corrected chi connectivity index (χ3v) is 3.78. The zero-order valence-corrected chi connectivity index (χ0v) is 10.9. The third-order valence-electron chi connectivity index (χ3n) is 2.65. The Labute approximate surface area is 97.7 Å². The number of rotatable bonds is 5. The van der Waals surface area contributed by atoms with Crippen LogP contribution in [0.4, 0.5) is 0 Å². The van der Waals surface area contributed by atoms with Crippen molar-refractivity contribution in [2.75, 3.05) is 12.8 Å². The fourth-order valence-electron chi connectivity index (χ4n) is 1.81. The highest BCUT2D eigenvalue weighted by Crippen LogP contribution is 2.25. The molecule has 0 spiro atoms. The van der Waals surface area contributed by atoms with E-state index < -0.39 is 0 Å². The number of hydrogen-bond acceptors (Lipinski definition) is 2. The third kappa shape index (κ3) is 3.54. The van der Waals surface area contributed by atoms with Gasteiger partial charge in [0, 0.05) is 11.3 Å². The van der Waals surface area contributed by atoms with E-state index >= 15 is 0 Å². The van der Waals surface area contributed by atoms with Gasteiger partial charge in [-0.15, -0.1) is 0 Å². The lowest BCUT2D eigenvalue weighted by molar-refractivity contribution is 0.589. The lowest BCUT2D eigenvalue weighted by Gasteiger charge is -2.23. The van der Waals surface area contributed by atoms with Crippen molar-refractivity contribution >= 4 is 11.8 Å². The monoisotopic (exact) mass is 223 g/mol. The van der Waals surface area contributed by atoms with Gasteiger partial charge in [-0.3, -0.25) is 0 Å². The highest BCUT2D eigenvalue weighted by atomic mass is 32.2. The lowest BCUT2D eigenvalue weighted by atomic mass is 10.0. The fraction of sp³-hybridized carbons (Fsp3) is 0.538. The maximum Gasteiger partial charge on any atom is 0.0435 e. The molecule has 2 atom stereocenters. The average Bonchev–Trinajstić information content (AvgIpc) is 2.22. The van der Waals surface area contributed by atoms with E-state index in [4.69, 9.17) is 0 Å². The van der Waals surface area contributed by atoms with Gasteiger partial charge in [-0.05, 0) is 25.3 Å². The van der Waals surface area contributed by atoms with Crippen LogP contribution in [0.2, 0.25) is 0 Å². The van der Waals surface area contributed by atoms with Crippen LogP contribution >= 0.6 is 11.8 Å². The Morgan fingerprint density at radius 1 is 1.27 bits per heavy atom. The maximum atomic E-state index is 3.40. The molecule has 1 N–H and O–H groups in total. The van der Waals surface area contributed by atoms with Gasteiger partial charge in [-0.2, -0.15) is 11.8 Å². The SMILES string of the molecule is CCSC(C)C(NC)c1ccc(C)cc1. The largest absolute Gasteiger partial charge is 0.312 e. The quantitative estimate of drug-likeness (QED) is 0.821. The molecule has 0 fully saturated rings. The van der Waals surface area contributed by atoms with Crippen LogP contribution in [0.15, 0.2) is 24.3 Å². The minimum atomic E-state index is 0.454. The average molecular weight is 223 g/mol. The van der Waals surface area contributed by atoms with Crippen LogP contribution in [0.3, 0.4) is 0 Å². The normalized spacial score (nSPS) is 14.9. The fourth-order valence-corrected chi connectivity index (χ4v) is 2.82. The summed E-state index contributed by atoms with van der Waals surface area (Å²) in [7, 11) is 2.04. The van der Waals surface area contributed by atoms with E-state index in [1.54, 1.807) is 0 Å². The van der Waals surface area contributed by atoms with E-state index in [9.17, 15) is 0 Å². The van der Waals surface area contributed by atoms with E-state index in [0.717, 1.165) is 0 Å². The standard InChI is InChI=1S/C13H21NS/c1-5-15-11(3)13(14-4)12-8-6-10(2)7-9-12/h6-9,11,13-14H,5H2,1-4H3. The molecular weight excluding hydrogens is 202 g/mol. The van der Waals surface area contributed by atoms with Gasteiger partial charge >= 0.3 is 0 Å². The molecule has 0 aliphatic rings. The van der Waals surface area contributed by atoms with E-state index in [0.29, 0.717) is 11.3 Å².